The van der Waals surface area contributed by atoms with Crippen LogP contribution in [-0.2, 0) is 0 Å². The van der Waals surface area contributed by atoms with Gasteiger partial charge >= 0.3 is 0 Å². The minimum absolute atomic E-state index is 0.0529. The first kappa shape index (κ1) is 16.4. The molecule has 4 nitrogen and oxygen atoms in total. The number of rotatable bonds is 4. The van der Waals surface area contributed by atoms with Crippen molar-refractivity contribution in [2.24, 2.45) is 0 Å². The molecule has 2 aromatic rings. The van der Waals surface area contributed by atoms with Crippen molar-refractivity contribution < 1.29 is 9.53 Å². The van der Waals surface area contributed by atoms with E-state index in [1.807, 2.05) is 31.2 Å². The third-order valence-electron chi connectivity index (χ3n) is 4.09. The first-order valence-corrected chi connectivity index (χ1v) is 8.14. The van der Waals surface area contributed by atoms with Gasteiger partial charge in [-0.15, -0.1) is 0 Å². The summed E-state index contributed by atoms with van der Waals surface area (Å²) in [5.74, 6) is 0.601. The third-order valence-corrected chi connectivity index (χ3v) is 4.39. The fourth-order valence-corrected chi connectivity index (χ4v) is 2.81. The van der Waals surface area contributed by atoms with Crippen molar-refractivity contribution in [1.82, 2.24) is 5.32 Å². The monoisotopic (exact) mass is 340 g/mol. The van der Waals surface area contributed by atoms with Crippen LogP contribution in [0.15, 0.2) is 42.5 Å². The highest BCUT2D eigenvalue weighted by atomic mass is 35.5. The summed E-state index contributed by atoms with van der Waals surface area (Å²) in [5.41, 5.74) is 2.22. The molecular formula is C19H17ClN2O2. The van der Waals surface area contributed by atoms with Gasteiger partial charge in [0, 0.05) is 24.4 Å². The number of carbonyl (C=O) groups is 1. The number of hydrogen-bond donors (Lipinski definition) is 1. The van der Waals surface area contributed by atoms with Crippen LogP contribution in [0.5, 0.6) is 5.75 Å². The van der Waals surface area contributed by atoms with Crippen molar-refractivity contribution >= 4 is 23.2 Å². The molecule has 0 spiro atoms. The van der Waals surface area contributed by atoms with Crippen molar-refractivity contribution in [1.29, 1.82) is 0 Å². The van der Waals surface area contributed by atoms with Crippen LogP contribution in [0.1, 0.15) is 28.8 Å². The van der Waals surface area contributed by atoms with Gasteiger partial charge < -0.3 is 10.1 Å². The largest absolute Gasteiger partial charge is 0.490 e. The summed E-state index contributed by atoms with van der Waals surface area (Å²) >= 11 is 6.00. The van der Waals surface area contributed by atoms with E-state index in [0.29, 0.717) is 22.0 Å². The molecule has 1 amide bonds. The summed E-state index contributed by atoms with van der Waals surface area (Å²) in [6, 6.07) is 12.7. The van der Waals surface area contributed by atoms with E-state index in [1.165, 1.54) is 0 Å². The maximum Gasteiger partial charge on any atom is 0.251 e. The number of hydrogen-bond acceptors (Lipinski definition) is 2. The lowest BCUT2D eigenvalue weighted by Gasteiger charge is -2.35. The highest BCUT2D eigenvalue weighted by Gasteiger charge is 2.32. The Hall–Kier alpha value is -2.51. The Balaban J connectivity index is 1.49. The molecule has 0 radical (unpaired) electrons. The molecule has 0 saturated heterocycles. The molecule has 1 saturated carbocycles. The zero-order chi connectivity index (χ0) is 17.1. The van der Waals surface area contributed by atoms with Gasteiger partial charge in [-0.1, -0.05) is 35.4 Å². The summed E-state index contributed by atoms with van der Waals surface area (Å²) in [6.45, 7) is 8.97. The van der Waals surface area contributed by atoms with Crippen LogP contribution >= 0.6 is 11.6 Å². The highest BCUT2D eigenvalue weighted by Crippen LogP contribution is 2.32. The fourth-order valence-electron chi connectivity index (χ4n) is 2.60. The summed E-state index contributed by atoms with van der Waals surface area (Å²) < 4.78 is 5.83. The van der Waals surface area contributed by atoms with Crippen LogP contribution in [0.25, 0.3) is 4.85 Å². The van der Waals surface area contributed by atoms with Gasteiger partial charge in [0.2, 0.25) is 5.69 Å². The molecule has 0 unspecified atom stereocenters. The number of nitrogens with zero attached hydrogens (tertiary/aromatic N) is 1. The number of ether oxygens (including phenoxy) is 1. The molecule has 1 fully saturated rings. The van der Waals surface area contributed by atoms with Gasteiger partial charge in [-0.3, -0.25) is 4.79 Å². The van der Waals surface area contributed by atoms with Crippen LogP contribution in [0.3, 0.4) is 0 Å². The van der Waals surface area contributed by atoms with Crippen molar-refractivity contribution in [3.05, 3.63) is 70.0 Å². The van der Waals surface area contributed by atoms with Crippen LogP contribution in [0, 0.1) is 13.5 Å². The van der Waals surface area contributed by atoms with Gasteiger partial charge in [0.25, 0.3) is 5.91 Å². The average molecular weight is 341 g/mol. The average Bonchev–Trinajstić information content (AvgIpc) is 2.53. The van der Waals surface area contributed by atoms with Gasteiger partial charge in [-0.05, 0) is 31.2 Å². The number of benzene rings is 2. The zero-order valence-corrected chi connectivity index (χ0v) is 14.0. The molecule has 0 aromatic heterocycles. The fraction of sp³-hybridized carbons (Fsp3) is 0.263. The van der Waals surface area contributed by atoms with E-state index in [2.05, 4.69) is 10.2 Å². The molecule has 3 rings (SSSR count). The van der Waals surface area contributed by atoms with E-state index in [4.69, 9.17) is 22.9 Å². The predicted molar refractivity (Wildman–Crippen MR) is 93.8 cm³/mol. The summed E-state index contributed by atoms with van der Waals surface area (Å²) in [6.07, 6.45) is 1.59. The van der Waals surface area contributed by atoms with E-state index < -0.39 is 0 Å². The lowest BCUT2D eigenvalue weighted by atomic mass is 9.89. The van der Waals surface area contributed by atoms with Crippen molar-refractivity contribution in [3.8, 4) is 5.75 Å². The molecule has 122 valence electrons. The summed E-state index contributed by atoms with van der Waals surface area (Å²) in [7, 11) is 0. The molecule has 5 heteroatoms. The Morgan fingerprint density at radius 3 is 2.58 bits per heavy atom. The molecule has 1 N–H and O–H groups in total. The van der Waals surface area contributed by atoms with E-state index >= 15 is 0 Å². The standard InChI is InChI=1S/C19H17ClN2O2/c1-12-3-5-13(6-4-12)19(23)22-14-9-16(10-14)24-15-7-8-18(21-2)17(20)11-15/h3-8,11,14,16H,9-10H2,1H3,(H,22,23). The third kappa shape index (κ3) is 3.69. The van der Waals surface area contributed by atoms with Crippen LogP contribution in [-0.4, -0.2) is 18.1 Å². The maximum atomic E-state index is 12.1. The topological polar surface area (TPSA) is 42.7 Å². The minimum atomic E-state index is -0.0529. The number of halogens is 1. The molecule has 1 aliphatic rings. The Labute approximate surface area is 146 Å². The summed E-state index contributed by atoms with van der Waals surface area (Å²) in [4.78, 5) is 15.5. The van der Waals surface area contributed by atoms with Crippen LogP contribution in [0.4, 0.5) is 5.69 Å². The smallest absolute Gasteiger partial charge is 0.251 e. The molecule has 0 atom stereocenters. The van der Waals surface area contributed by atoms with Crippen molar-refractivity contribution in [3.63, 3.8) is 0 Å². The molecule has 0 aliphatic heterocycles. The van der Waals surface area contributed by atoms with Gasteiger partial charge in [0.15, 0.2) is 0 Å². The Morgan fingerprint density at radius 2 is 1.96 bits per heavy atom. The van der Waals surface area contributed by atoms with Gasteiger partial charge in [0.05, 0.1) is 11.6 Å². The number of aryl methyl sites for hydroxylation is 1. The van der Waals surface area contributed by atoms with E-state index in [0.717, 1.165) is 18.4 Å². The lowest BCUT2D eigenvalue weighted by molar-refractivity contribution is 0.0701. The predicted octanol–water partition coefficient (Wildman–Crippen LogP) is 4.54. The first-order valence-electron chi connectivity index (χ1n) is 7.76. The second-order valence-electron chi connectivity index (χ2n) is 5.97. The minimum Gasteiger partial charge on any atom is -0.490 e. The normalized spacial score (nSPS) is 19.0. The van der Waals surface area contributed by atoms with E-state index in [1.54, 1.807) is 18.2 Å². The molecule has 2 aromatic carbocycles. The SMILES string of the molecule is [C-]#[N+]c1ccc(OC2CC(NC(=O)c3ccc(C)cc3)C2)cc1Cl. The van der Waals surface area contributed by atoms with Crippen molar-refractivity contribution in [2.45, 2.75) is 31.9 Å². The first-order chi connectivity index (χ1) is 11.5. The highest BCUT2D eigenvalue weighted by molar-refractivity contribution is 6.33. The second kappa shape index (κ2) is 6.94. The van der Waals surface area contributed by atoms with E-state index in [-0.39, 0.29) is 18.1 Å². The molecular weight excluding hydrogens is 324 g/mol. The molecule has 24 heavy (non-hydrogen) atoms. The van der Waals surface area contributed by atoms with Gasteiger partial charge in [-0.2, -0.15) is 0 Å². The van der Waals surface area contributed by atoms with Gasteiger partial charge in [-0.25, -0.2) is 4.85 Å². The maximum absolute atomic E-state index is 12.1. The molecule has 1 aliphatic carbocycles. The Kier molecular flexibility index (Phi) is 4.73. The Morgan fingerprint density at radius 1 is 1.25 bits per heavy atom. The Bertz CT molecular complexity index is 790. The molecule has 0 bridgehead atoms. The number of nitrogens with one attached hydrogen (secondary N) is 1. The van der Waals surface area contributed by atoms with Crippen LogP contribution in [0.2, 0.25) is 5.02 Å². The second-order valence-corrected chi connectivity index (χ2v) is 6.38. The van der Waals surface area contributed by atoms with Gasteiger partial charge in [0.1, 0.15) is 11.9 Å². The summed E-state index contributed by atoms with van der Waals surface area (Å²) in [5, 5.41) is 3.41. The number of carbonyl (C=O) groups excluding carboxylic acids is 1. The zero-order valence-electron chi connectivity index (χ0n) is 13.3. The number of amides is 1. The van der Waals surface area contributed by atoms with Crippen molar-refractivity contribution in [2.75, 3.05) is 0 Å². The molecule has 0 heterocycles. The van der Waals surface area contributed by atoms with E-state index in [9.17, 15) is 4.79 Å². The lowest BCUT2D eigenvalue weighted by Crippen LogP contribution is -2.48. The quantitative estimate of drug-likeness (QED) is 0.830. The van der Waals surface area contributed by atoms with Crippen LogP contribution < -0.4 is 10.1 Å².